The third-order valence-corrected chi connectivity index (χ3v) is 5.45. The van der Waals surface area contributed by atoms with Crippen LogP contribution >= 0.6 is 11.8 Å². The summed E-state index contributed by atoms with van der Waals surface area (Å²) in [5.41, 5.74) is 3.05. The van der Waals surface area contributed by atoms with Crippen LogP contribution in [0.4, 0.5) is 5.69 Å². The summed E-state index contributed by atoms with van der Waals surface area (Å²) in [5.74, 6) is 1.75. The Kier molecular flexibility index (Phi) is 5.18. The van der Waals surface area contributed by atoms with E-state index in [4.69, 9.17) is 4.42 Å². The number of carbonyl (C=O) groups is 2. The van der Waals surface area contributed by atoms with Crippen LogP contribution in [0.1, 0.15) is 34.4 Å². The highest BCUT2D eigenvalue weighted by atomic mass is 32.2. The van der Waals surface area contributed by atoms with Gasteiger partial charge in [-0.3, -0.25) is 9.59 Å². The van der Waals surface area contributed by atoms with Gasteiger partial charge in [0.15, 0.2) is 5.76 Å². The van der Waals surface area contributed by atoms with Crippen molar-refractivity contribution in [2.24, 2.45) is 0 Å². The summed E-state index contributed by atoms with van der Waals surface area (Å²) in [7, 11) is 0. The van der Waals surface area contributed by atoms with Crippen LogP contribution in [0.5, 0.6) is 0 Å². The molecule has 25 heavy (non-hydrogen) atoms. The standard InChI is InChI=1S/C19H22N2O3S/c1-4-15-7-8-17(24-15)19(23)21-11-25-10-16(21)18(22)20-14-6-5-12(2)13(3)9-14/h5-9,16H,4,10-11H2,1-3H3,(H,20,22). The quantitative estimate of drug-likeness (QED) is 0.907. The number of benzene rings is 1. The first-order chi connectivity index (χ1) is 12.0. The summed E-state index contributed by atoms with van der Waals surface area (Å²) < 4.78 is 5.55. The van der Waals surface area contributed by atoms with Crippen molar-refractivity contribution in [3.8, 4) is 0 Å². The molecule has 1 N–H and O–H groups in total. The molecular weight excluding hydrogens is 336 g/mol. The minimum absolute atomic E-state index is 0.163. The average Bonchev–Trinajstić information content (AvgIpc) is 3.26. The van der Waals surface area contributed by atoms with Crippen LogP contribution in [0.15, 0.2) is 34.7 Å². The molecular formula is C19H22N2O3S. The molecule has 1 atom stereocenters. The Balaban J connectivity index is 1.72. The monoisotopic (exact) mass is 358 g/mol. The van der Waals surface area contributed by atoms with E-state index in [9.17, 15) is 9.59 Å². The van der Waals surface area contributed by atoms with Crippen LogP contribution in [-0.4, -0.2) is 34.4 Å². The molecule has 0 aliphatic carbocycles. The number of carbonyl (C=O) groups excluding carboxylic acids is 2. The fourth-order valence-corrected chi connectivity index (χ4v) is 3.88. The molecule has 1 unspecified atom stereocenters. The van der Waals surface area contributed by atoms with Gasteiger partial charge in [-0.1, -0.05) is 13.0 Å². The van der Waals surface area contributed by atoms with Gasteiger partial charge >= 0.3 is 0 Å². The number of nitrogens with zero attached hydrogens (tertiary/aromatic N) is 1. The van der Waals surface area contributed by atoms with E-state index in [0.29, 0.717) is 17.4 Å². The minimum Gasteiger partial charge on any atom is -0.456 e. The van der Waals surface area contributed by atoms with Gasteiger partial charge in [-0.2, -0.15) is 0 Å². The summed E-state index contributed by atoms with van der Waals surface area (Å²) in [4.78, 5) is 26.9. The predicted octanol–water partition coefficient (Wildman–Crippen LogP) is 3.61. The number of nitrogens with one attached hydrogen (secondary N) is 1. The summed E-state index contributed by atoms with van der Waals surface area (Å²) in [6.07, 6.45) is 0.735. The zero-order valence-electron chi connectivity index (χ0n) is 14.7. The van der Waals surface area contributed by atoms with E-state index in [-0.39, 0.29) is 11.8 Å². The number of amides is 2. The number of hydrogen-bond donors (Lipinski definition) is 1. The van der Waals surface area contributed by atoms with E-state index < -0.39 is 6.04 Å². The average molecular weight is 358 g/mol. The zero-order chi connectivity index (χ0) is 18.0. The SMILES string of the molecule is CCc1ccc(C(=O)N2CSCC2C(=O)Nc2ccc(C)c(C)c2)o1. The molecule has 1 fully saturated rings. The van der Waals surface area contributed by atoms with E-state index in [1.54, 1.807) is 28.8 Å². The number of furan rings is 1. The second kappa shape index (κ2) is 7.35. The number of thioether (sulfide) groups is 1. The van der Waals surface area contributed by atoms with Crippen molar-refractivity contribution in [1.82, 2.24) is 4.90 Å². The molecule has 2 aromatic rings. The molecule has 0 bridgehead atoms. The lowest BCUT2D eigenvalue weighted by Gasteiger charge is -2.22. The van der Waals surface area contributed by atoms with Gasteiger partial charge in [-0.05, 0) is 49.2 Å². The molecule has 2 amide bonds. The number of anilines is 1. The van der Waals surface area contributed by atoms with Gasteiger partial charge in [0, 0.05) is 17.9 Å². The molecule has 6 heteroatoms. The highest BCUT2D eigenvalue weighted by Crippen LogP contribution is 2.25. The van der Waals surface area contributed by atoms with Crippen LogP contribution < -0.4 is 5.32 Å². The molecule has 0 saturated carbocycles. The highest BCUT2D eigenvalue weighted by Gasteiger charge is 2.36. The Bertz CT molecular complexity index is 800. The largest absolute Gasteiger partial charge is 0.456 e. The first-order valence-electron chi connectivity index (χ1n) is 8.35. The van der Waals surface area contributed by atoms with Crippen LogP contribution in [0.25, 0.3) is 0 Å². The smallest absolute Gasteiger partial charge is 0.290 e. The van der Waals surface area contributed by atoms with Gasteiger partial charge in [0.05, 0.1) is 5.88 Å². The van der Waals surface area contributed by atoms with E-state index in [2.05, 4.69) is 5.32 Å². The molecule has 0 radical (unpaired) electrons. The molecule has 0 spiro atoms. The molecule has 132 valence electrons. The van der Waals surface area contributed by atoms with Crippen molar-refractivity contribution in [2.45, 2.75) is 33.2 Å². The van der Waals surface area contributed by atoms with E-state index in [1.165, 1.54) is 5.56 Å². The molecule has 1 saturated heterocycles. The zero-order valence-corrected chi connectivity index (χ0v) is 15.5. The number of aryl methyl sites for hydroxylation is 3. The Labute approximate surface area is 151 Å². The van der Waals surface area contributed by atoms with Crippen LogP contribution in [0.2, 0.25) is 0 Å². The lowest BCUT2D eigenvalue weighted by Crippen LogP contribution is -2.44. The molecule has 2 heterocycles. The van der Waals surface area contributed by atoms with Crippen LogP contribution in [-0.2, 0) is 11.2 Å². The van der Waals surface area contributed by atoms with Crippen molar-refractivity contribution in [3.63, 3.8) is 0 Å². The first kappa shape index (κ1) is 17.6. The lowest BCUT2D eigenvalue weighted by atomic mass is 10.1. The van der Waals surface area contributed by atoms with Crippen molar-refractivity contribution in [1.29, 1.82) is 0 Å². The molecule has 1 aliphatic rings. The Morgan fingerprint density at radius 2 is 2.04 bits per heavy atom. The molecule has 1 aromatic carbocycles. The van der Waals surface area contributed by atoms with E-state index in [0.717, 1.165) is 23.4 Å². The summed E-state index contributed by atoms with van der Waals surface area (Å²) >= 11 is 1.57. The third kappa shape index (κ3) is 3.74. The van der Waals surface area contributed by atoms with Crippen LogP contribution in [0, 0.1) is 13.8 Å². The highest BCUT2D eigenvalue weighted by molar-refractivity contribution is 7.99. The van der Waals surface area contributed by atoms with Gasteiger partial charge in [0.1, 0.15) is 11.8 Å². The van der Waals surface area contributed by atoms with Crippen molar-refractivity contribution in [3.05, 3.63) is 53.0 Å². The molecule has 1 aromatic heterocycles. The minimum atomic E-state index is -0.491. The summed E-state index contributed by atoms with van der Waals surface area (Å²) in [6, 6.07) is 8.81. The van der Waals surface area contributed by atoms with Gasteiger partial charge in [0.25, 0.3) is 5.91 Å². The normalized spacial score (nSPS) is 16.9. The van der Waals surface area contributed by atoms with Gasteiger partial charge < -0.3 is 14.6 Å². The maximum absolute atomic E-state index is 12.7. The second-order valence-electron chi connectivity index (χ2n) is 6.20. The summed E-state index contributed by atoms with van der Waals surface area (Å²) in [6.45, 7) is 6.01. The Hall–Kier alpha value is -2.21. The molecule has 1 aliphatic heterocycles. The van der Waals surface area contributed by atoms with Gasteiger partial charge in [0.2, 0.25) is 5.91 Å². The van der Waals surface area contributed by atoms with Gasteiger partial charge in [-0.15, -0.1) is 11.8 Å². The van der Waals surface area contributed by atoms with Crippen LogP contribution in [0.3, 0.4) is 0 Å². The lowest BCUT2D eigenvalue weighted by molar-refractivity contribution is -0.119. The van der Waals surface area contributed by atoms with Crippen molar-refractivity contribution < 1.29 is 14.0 Å². The fourth-order valence-electron chi connectivity index (χ4n) is 2.73. The maximum Gasteiger partial charge on any atom is 0.290 e. The van der Waals surface area contributed by atoms with Crippen molar-refractivity contribution in [2.75, 3.05) is 16.9 Å². The number of hydrogen-bond acceptors (Lipinski definition) is 4. The number of rotatable bonds is 4. The molecule has 3 rings (SSSR count). The topological polar surface area (TPSA) is 62.6 Å². The summed E-state index contributed by atoms with van der Waals surface area (Å²) in [5, 5.41) is 2.93. The predicted molar refractivity (Wildman–Crippen MR) is 99.9 cm³/mol. The van der Waals surface area contributed by atoms with Gasteiger partial charge in [-0.25, -0.2) is 0 Å². The Morgan fingerprint density at radius 1 is 1.24 bits per heavy atom. The maximum atomic E-state index is 12.7. The molecule has 5 nitrogen and oxygen atoms in total. The Morgan fingerprint density at radius 3 is 2.72 bits per heavy atom. The third-order valence-electron chi connectivity index (χ3n) is 4.44. The second-order valence-corrected chi connectivity index (χ2v) is 7.20. The van der Waals surface area contributed by atoms with E-state index in [1.807, 2.05) is 39.0 Å². The fraction of sp³-hybridized carbons (Fsp3) is 0.368. The first-order valence-corrected chi connectivity index (χ1v) is 9.50. The van der Waals surface area contributed by atoms with E-state index >= 15 is 0 Å². The van der Waals surface area contributed by atoms with Crippen molar-refractivity contribution >= 4 is 29.3 Å².